The Kier molecular flexibility index (Phi) is 63.4. The first kappa shape index (κ1) is 73.3. The van der Waals surface area contributed by atoms with Gasteiger partial charge in [-0.05, 0) is 57.8 Å². The lowest BCUT2D eigenvalue weighted by atomic mass is 10.0. The van der Waals surface area contributed by atoms with Crippen LogP contribution in [0.2, 0.25) is 0 Å². The van der Waals surface area contributed by atoms with Crippen molar-refractivity contribution in [1.82, 2.24) is 5.32 Å². The van der Waals surface area contributed by atoms with Gasteiger partial charge in [0.1, 0.15) is 0 Å². The number of unbranched alkanes of at least 4 members (excludes halogenated alkanes) is 51. The monoisotopic (exact) mass is 1060 g/mol. The summed E-state index contributed by atoms with van der Waals surface area (Å²) in [6.45, 7) is 4.93. The molecule has 0 rings (SSSR count). The number of allylic oxidation sites excluding steroid dienone is 3. The predicted molar refractivity (Wildman–Crippen MR) is 329 cm³/mol. The number of carbonyl (C=O) groups excluding carboxylic acids is 2. The van der Waals surface area contributed by atoms with E-state index in [1.54, 1.807) is 6.08 Å². The number of aliphatic hydroxyl groups is 2. The van der Waals surface area contributed by atoms with Crippen molar-refractivity contribution < 1.29 is 24.5 Å². The van der Waals surface area contributed by atoms with E-state index in [4.69, 9.17) is 4.74 Å². The van der Waals surface area contributed by atoms with Crippen LogP contribution >= 0.6 is 0 Å². The van der Waals surface area contributed by atoms with Crippen molar-refractivity contribution in [3.8, 4) is 0 Å². The van der Waals surface area contributed by atoms with Gasteiger partial charge >= 0.3 is 5.97 Å². The summed E-state index contributed by atoms with van der Waals surface area (Å²) in [5.41, 5.74) is 0. The molecule has 2 unspecified atom stereocenters. The highest BCUT2D eigenvalue weighted by atomic mass is 16.5. The molecule has 0 aromatic heterocycles. The summed E-state index contributed by atoms with van der Waals surface area (Å²) in [4.78, 5) is 24.6. The Morgan fingerprint density at radius 1 is 0.360 bits per heavy atom. The fraction of sp³-hybridized carbons (Fsp3) is 0.913. The Bertz CT molecular complexity index is 1170. The number of hydrogen-bond acceptors (Lipinski definition) is 5. The Labute approximate surface area is 469 Å². The average Bonchev–Trinajstić information content (AvgIpc) is 3.41. The lowest BCUT2D eigenvalue weighted by Gasteiger charge is -2.20. The molecule has 0 heterocycles. The van der Waals surface area contributed by atoms with Gasteiger partial charge in [0.15, 0.2) is 0 Å². The van der Waals surface area contributed by atoms with E-state index in [0.717, 1.165) is 57.8 Å². The number of ether oxygens (including phenoxy) is 1. The van der Waals surface area contributed by atoms with Crippen LogP contribution in [-0.2, 0) is 14.3 Å². The smallest absolute Gasteiger partial charge is 0.305 e. The highest BCUT2D eigenvalue weighted by molar-refractivity contribution is 5.76. The molecule has 3 N–H and O–H groups in total. The first-order chi connectivity index (χ1) is 37.0. The number of esters is 1. The molecule has 444 valence electrons. The zero-order valence-electron chi connectivity index (χ0n) is 50.8. The van der Waals surface area contributed by atoms with Crippen molar-refractivity contribution in [2.45, 2.75) is 392 Å². The number of amides is 1. The fourth-order valence-corrected chi connectivity index (χ4v) is 10.7. The van der Waals surface area contributed by atoms with E-state index in [2.05, 4.69) is 31.3 Å². The second kappa shape index (κ2) is 64.9. The van der Waals surface area contributed by atoms with Gasteiger partial charge in [-0.15, -0.1) is 0 Å². The normalized spacial score (nSPS) is 12.6. The summed E-state index contributed by atoms with van der Waals surface area (Å²) in [5.74, 6) is -0.0721. The van der Waals surface area contributed by atoms with Crippen molar-refractivity contribution >= 4 is 11.9 Å². The first-order valence-corrected chi connectivity index (χ1v) is 34.1. The van der Waals surface area contributed by atoms with Gasteiger partial charge in [0.25, 0.3) is 0 Å². The summed E-state index contributed by atoms with van der Waals surface area (Å²) in [6, 6.07) is -0.639. The summed E-state index contributed by atoms with van der Waals surface area (Å²) < 4.78 is 5.49. The first-order valence-electron chi connectivity index (χ1n) is 34.1. The molecule has 0 aromatic rings. The molecule has 0 aliphatic rings. The van der Waals surface area contributed by atoms with Gasteiger partial charge in [0.05, 0.1) is 25.4 Å². The number of carbonyl (C=O) groups is 2. The molecule has 0 saturated carbocycles. The Balaban J connectivity index is 3.46. The number of aliphatic hydroxyl groups excluding tert-OH is 2. The van der Waals surface area contributed by atoms with Crippen LogP contribution in [0.15, 0.2) is 24.3 Å². The van der Waals surface area contributed by atoms with Crippen LogP contribution in [0.25, 0.3) is 0 Å². The molecule has 0 fully saturated rings. The number of nitrogens with one attached hydrogen (secondary N) is 1. The highest BCUT2D eigenvalue weighted by Crippen LogP contribution is 2.18. The molecule has 0 saturated heterocycles. The fourth-order valence-electron chi connectivity index (χ4n) is 10.7. The van der Waals surface area contributed by atoms with Crippen LogP contribution in [0.4, 0.5) is 0 Å². The molecule has 0 spiro atoms. The van der Waals surface area contributed by atoms with Crippen LogP contribution in [0.3, 0.4) is 0 Å². The Hall–Kier alpha value is -1.66. The highest BCUT2D eigenvalue weighted by Gasteiger charge is 2.18. The summed E-state index contributed by atoms with van der Waals surface area (Å²) in [7, 11) is 0. The lowest BCUT2D eigenvalue weighted by Crippen LogP contribution is -2.45. The van der Waals surface area contributed by atoms with Gasteiger partial charge in [-0.3, -0.25) is 9.59 Å². The van der Waals surface area contributed by atoms with Gasteiger partial charge in [-0.25, -0.2) is 0 Å². The minimum absolute atomic E-state index is 0.00593. The maximum Gasteiger partial charge on any atom is 0.305 e. The second-order valence-electron chi connectivity index (χ2n) is 23.5. The third-order valence-corrected chi connectivity index (χ3v) is 16.0. The van der Waals surface area contributed by atoms with Crippen LogP contribution in [0.5, 0.6) is 0 Å². The molecular weight excluding hydrogens is 923 g/mol. The topological polar surface area (TPSA) is 95.9 Å². The third kappa shape index (κ3) is 61.4. The van der Waals surface area contributed by atoms with E-state index in [0.29, 0.717) is 19.4 Å². The maximum absolute atomic E-state index is 12.5. The van der Waals surface area contributed by atoms with Crippen molar-refractivity contribution in [2.24, 2.45) is 0 Å². The van der Waals surface area contributed by atoms with E-state index in [9.17, 15) is 19.8 Å². The van der Waals surface area contributed by atoms with Crippen molar-refractivity contribution in [3.05, 3.63) is 24.3 Å². The standard InChI is InChI=1S/C69H133NO5/c1-3-5-7-9-11-13-15-17-19-20-21-22-23-24-25-26-27-30-34-37-41-45-49-53-57-61-67(72)66(65-71)70-68(73)62-58-54-50-46-42-38-35-31-28-29-32-36-40-44-48-52-56-60-64-75-69(74)63-59-55-51-47-43-39-33-18-16-14-12-10-8-6-4-2/h31,35,57,61,66-67,71-72H,3-30,32-34,36-56,58-60,62-65H2,1-2H3,(H,70,73)/b35-31-,61-57+. The molecule has 0 aliphatic heterocycles. The zero-order chi connectivity index (χ0) is 54.3. The van der Waals surface area contributed by atoms with E-state index >= 15 is 0 Å². The molecule has 0 aromatic carbocycles. The van der Waals surface area contributed by atoms with Gasteiger partial charge in [0.2, 0.25) is 5.91 Å². The molecule has 0 radical (unpaired) electrons. The molecule has 6 heteroatoms. The van der Waals surface area contributed by atoms with Gasteiger partial charge in [-0.2, -0.15) is 0 Å². The molecule has 1 amide bonds. The van der Waals surface area contributed by atoms with E-state index in [1.165, 1.54) is 295 Å². The van der Waals surface area contributed by atoms with Crippen LogP contribution in [0.1, 0.15) is 380 Å². The minimum atomic E-state index is -0.854. The Morgan fingerprint density at radius 3 is 0.947 bits per heavy atom. The zero-order valence-corrected chi connectivity index (χ0v) is 50.8. The average molecular weight is 1060 g/mol. The van der Waals surface area contributed by atoms with Crippen molar-refractivity contribution in [2.75, 3.05) is 13.2 Å². The summed E-state index contributed by atoms with van der Waals surface area (Å²) in [6.07, 6.45) is 81.0. The summed E-state index contributed by atoms with van der Waals surface area (Å²) in [5, 5.41) is 23.2. The molecule has 2 atom stereocenters. The van der Waals surface area contributed by atoms with Crippen LogP contribution in [0, 0.1) is 0 Å². The van der Waals surface area contributed by atoms with Crippen LogP contribution in [-0.4, -0.2) is 47.4 Å². The molecule has 6 nitrogen and oxygen atoms in total. The number of hydrogen-bond donors (Lipinski definition) is 3. The SMILES string of the molecule is CCCCCCCCCCCCCCCCCCCCCCCCC/C=C/C(O)C(CO)NC(=O)CCCCCCC/C=C\CCCCCCCCCCCOC(=O)CCCCCCCCCCCCCCCCC. The molecular formula is C69H133NO5. The largest absolute Gasteiger partial charge is 0.466 e. The molecule has 0 aliphatic carbocycles. The third-order valence-electron chi connectivity index (χ3n) is 16.0. The van der Waals surface area contributed by atoms with Gasteiger partial charge < -0.3 is 20.3 Å². The Morgan fingerprint density at radius 2 is 0.627 bits per heavy atom. The second-order valence-corrected chi connectivity index (χ2v) is 23.5. The van der Waals surface area contributed by atoms with Gasteiger partial charge in [-0.1, -0.05) is 334 Å². The van der Waals surface area contributed by atoms with Crippen LogP contribution < -0.4 is 5.32 Å². The predicted octanol–water partition coefficient (Wildman–Crippen LogP) is 21.8. The van der Waals surface area contributed by atoms with E-state index in [-0.39, 0.29) is 18.5 Å². The molecule has 0 bridgehead atoms. The van der Waals surface area contributed by atoms with Gasteiger partial charge in [0, 0.05) is 12.8 Å². The maximum atomic E-state index is 12.5. The van der Waals surface area contributed by atoms with E-state index < -0.39 is 12.1 Å². The summed E-state index contributed by atoms with van der Waals surface area (Å²) >= 11 is 0. The lowest BCUT2D eigenvalue weighted by molar-refractivity contribution is -0.143. The number of rotatable bonds is 64. The van der Waals surface area contributed by atoms with E-state index in [1.807, 2.05) is 6.08 Å². The quantitative estimate of drug-likeness (QED) is 0.0320. The molecule has 75 heavy (non-hydrogen) atoms. The minimum Gasteiger partial charge on any atom is -0.466 e. The van der Waals surface area contributed by atoms with Crippen molar-refractivity contribution in [3.63, 3.8) is 0 Å². The van der Waals surface area contributed by atoms with Crippen molar-refractivity contribution in [1.29, 1.82) is 0 Å².